The molecular formula is C16H16BrClN4O3. The van der Waals surface area contributed by atoms with Crippen LogP contribution in [0.5, 0.6) is 0 Å². The first kappa shape index (κ1) is 19.1. The summed E-state index contributed by atoms with van der Waals surface area (Å²) in [5, 5.41) is 9.73. The van der Waals surface area contributed by atoms with Crippen molar-refractivity contribution in [2.75, 3.05) is 24.0 Å². The normalized spacial score (nSPS) is 11.3. The molecule has 0 aliphatic heterocycles. The standard InChI is InChI=1S/C16H16BrClN4O3/c1-3-25-16(24)12(9-17)20-21(2)13-10-19-22(15(23)14(13)18)11-7-5-4-6-8-11/h4-8,10H,3,9H2,1-2H3/b20-12+. The lowest BCUT2D eigenvalue weighted by atomic mass is 10.3. The number of halogens is 2. The van der Waals surface area contributed by atoms with Crippen molar-refractivity contribution in [1.82, 2.24) is 9.78 Å². The smallest absolute Gasteiger partial charge is 0.355 e. The van der Waals surface area contributed by atoms with Crippen LogP contribution < -0.4 is 10.6 Å². The number of benzene rings is 1. The van der Waals surface area contributed by atoms with E-state index in [4.69, 9.17) is 16.3 Å². The Labute approximate surface area is 158 Å². The lowest BCUT2D eigenvalue weighted by Gasteiger charge is -2.16. The molecular weight excluding hydrogens is 412 g/mol. The van der Waals surface area contributed by atoms with Crippen LogP contribution in [0.15, 0.2) is 46.4 Å². The van der Waals surface area contributed by atoms with Crippen molar-refractivity contribution in [2.45, 2.75) is 6.92 Å². The van der Waals surface area contributed by atoms with Gasteiger partial charge in [0, 0.05) is 7.05 Å². The van der Waals surface area contributed by atoms with E-state index in [0.29, 0.717) is 5.69 Å². The maximum atomic E-state index is 12.5. The fraction of sp³-hybridized carbons (Fsp3) is 0.250. The molecule has 1 heterocycles. The van der Waals surface area contributed by atoms with E-state index in [9.17, 15) is 9.59 Å². The Morgan fingerprint density at radius 3 is 2.68 bits per heavy atom. The molecule has 0 bridgehead atoms. The molecule has 0 atom stereocenters. The minimum Gasteiger partial charge on any atom is -0.461 e. The van der Waals surface area contributed by atoms with Gasteiger partial charge in [-0.05, 0) is 19.1 Å². The second kappa shape index (κ2) is 8.77. The molecule has 0 N–H and O–H groups in total. The van der Waals surface area contributed by atoms with E-state index in [1.54, 1.807) is 38.2 Å². The van der Waals surface area contributed by atoms with Gasteiger partial charge < -0.3 is 4.74 Å². The molecule has 1 aromatic heterocycles. The van der Waals surface area contributed by atoms with E-state index < -0.39 is 11.5 Å². The van der Waals surface area contributed by atoms with Crippen molar-refractivity contribution in [2.24, 2.45) is 5.10 Å². The number of nitrogens with zero attached hydrogens (tertiary/aromatic N) is 4. The van der Waals surface area contributed by atoms with Gasteiger partial charge in [0.15, 0.2) is 5.71 Å². The Bertz CT molecular complexity index is 839. The summed E-state index contributed by atoms with van der Waals surface area (Å²) in [5.41, 5.74) is 0.540. The second-order valence-corrected chi connectivity index (χ2v) is 5.76. The van der Waals surface area contributed by atoms with Crippen molar-refractivity contribution in [1.29, 1.82) is 0 Å². The molecule has 0 aliphatic rings. The molecule has 132 valence electrons. The van der Waals surface area contributed by atoms with E-state index in [-0.39, 0.29) is 28.4 Å². The molecule has 1 aromatic carbocycles. The van der Waals surface area contributed by atoms with Crippen LogP contribution in [0.25, 0.3) is 5.69 Å². The highest BCUT2D eigenvalue weighted by molar-refractivity contribution is 9.09. The molecule has 7 nitrogen and oxygen atoms in total. The number of ether oxygens (including phenoxy) is 1. The summed E-state index contributed by atoms with van der Waals surface area (Å²) < 4.78 is 6.12. The lowest BCUT2D eigenvalue weighted by molar-refractivity contribution is -0.135. The number of hydrazone groups is 1. The van der Waals surface area contributed by atoms with Crippen LogP contribution in [-0.2, 0) is 9.53 Å². The number of alkyl halides is 1. The zero-order valence-corrected chi connectivity index (χ0v) is 16.0. The highest BCUT2D eigenvalue weighted by Gasteiger charge is 2.17. The molecule has 0 aliphatic carbocycles. The highest BCUT2D eigenvalue weighted by atomic mass is 79.9. The summed E-state index contributed by atoms with van der Waals surface area (Å²) >= 11 is 9.39. The minimum atomic E-state index is -0.548. The predicted molar refractivity (Wildman–Crippen MR) is 101 cm³/mol. The third kappa shape index (κ3) is 4.46. The predicted octanol–water partition coefficient (Wildman–Crippen LogP) is 2.64. The number of rotatable bonds is 6. The van der Waals surface area contributed by atoms with Crippen molar-refractivity contribution in [3.63, 3.8) is 0 Å². The molecule has 0 saturated heterocycles. The van der Waals surface area contributed by atoms with Gasteiger partial charge in [-0.3, -0.25) is 9.80 Å². The van der Waals surface area contributed by atoms with Crippen molar-refractivity contribution >= 4 is 44.9 Å². The van der Waals surface area contributed by atoms with E-state index >= 15 is 0 Å². The first-order valence-corrected chi connectivity index (χ1v) is 8.87. The number of carbonyl (C=O) groups is 1. The quantitative estimate of drug-likeness (QED) is 0.306. The summed E-state index contributed by atoms with van der Waals surface area (Å²) in [7, 11) is 1.57. The average molecular weight is 428 g/mol. The monoisotopic (exact) mass is 426 g/mol. The number of hydrogen-bond acceptors (Lipinski definition) is 6. The van der Waals surface area contributed by atoms with Gasteiger partial charge in [0.05, 0.1) is 23.8 Å². The summed E-state index contributed by atoms with van der Waals surface area (Å²) in [4.78, 5) is 24.3. The molecule has 0 radical (unpaired) electrons. The number of aromatic nitrogens is 2. The summed E-state index contributed by atoms with van der Waals surface area (Å²) in [6.07, 6.45) is 1.41. The van der Waals surface area contributed by atoms with Crippen LogP contribution >= 0.6 is 27.5 Å². The van der Waals surface area contributed by atoms with Crippen LogP contribution in [0.4, 0.5) is 5.69 Å². The summed E-state index contributed by atoms with van der Waals surface area (Å²) in [5.74, 6) is -0.548. The van der Waals surface area contributed by atoms with E-state index in [1.807, 2.05) is 6.07 Å². The number of hydrogen-bond donors (Lipinski definition) is 0. The maximum Gasteiger partial charge on any atom is 0.355 e. The minimum absolute atomic E-state index is 0.0529. The first-order chi connectivity index (χ1) is 12.0. The van der Waals surface area contributed by atoms with Gasteiger partial charge in [-0.1, -0.05) is 45.7 Å². The largest absolute Gasteiger partial charge is 0.461 e. The van der Waals surface area contributed by atoms with Gasteiger partial charge in [-0.15, -0.1) is 0 Å². The molecule has 2 aromatic rings. The zero-order chi connectivity index (χ0) is 18.4. The fourth-order valence-corrected chi connectivity index (χ4v) is 2.57. The van der Waals surface area contributed by atoms with Gasteiger partial charge >= 0.3 is 5.97 Å². The highest BCUT2D eigenvalue weighted by Crippen LogP contribution is 2.21. The molecule has 0 spiro atoms. The molecule has 0 fully saturated rings. The maximum absolute atomic E-state index is 12.5. The molecule has 9 heteroatoms. The van der Waals surface area contributed by atoms with E-state index in [0.717, 1.165) is 0 Å². The van der Waals surface area contributed by atoms with E-state index in [1.165, 1.54) is 15.9 Å². The van der Waals surface area contributed by atoms with Crippen molar-refractivity contribution < 1.29 is 9.53 Å². The van der Waals surface area contributed by atoms with Crippen LogP contribution in [0.2, 0.25) is 5.02 Å². The fourth-order valence-electron chi connectivity index (χ4n) is 1.97. The van der Waals surface area contributed by atoms with Crippen molar-refractivity contribution in [3.8, 4) is 5.69 Å². The molecule has 2 rings (SSSR count). The van der Waals surface area contributed by atoms with Crippen LogP contribution in [0, 0.1) is 0 Å². The molecule has 25 heavy (non-hydrogen) atoms. The van der Waals surface area contributed by atoms with Gasteiger partial charge in [0.1, 0.15) is 10.7 Å². The SMILES string of the molecule is CCOC(=O)/C(CBr)=N/N(C)c1cnn(-c2ccccc2)c(=O)c1Cl. The Morgan fingerprint density at radius 1 is 1.40 bits per heavy atom. The Kier molecular flexibility index (Phi) is 6.72. The first-order valence-electron chi connectivity index (χ1n) is 7.37. The number of para-hydroxylation sites is 1. The Hall–Kier alpha value is -2.19. The van der Waals surface area contributed by atoms with Gasteiger partial charge in [-0.25, -0.2) is 4.79 Å². The van der Waals surface area contributed by atoms with Crippen molar-refractivity contribution in [3.05, 3.63) is 51.9 Å². The average Bonchev–Trinajstić information content (AvgIpc) is 2.62. The van der Waals surface area contributed by atoms with Crippen LogP contribution in [0.3, 0.4) is 0 Å². The Morgan fingerprint density at radius 2 is 2.08 bits per heavy atom. The number of esters is 1. The zero-order valence-electron chi connectivity index (χ0n) is 13.6. The second-order valence-electron chi connectivity index (χ2n) is 4.82. The topological polar surface area (TPSA) is 76.8 Å². The lowest BCUT2D eigenvalue weighted by Crippen LogP contribution is -2.27. The van der Waals surface area contributed by atoms with Crippen LogP contribution in [0.1, 0.15) is 6.92 Å². The molecule has 0 saturated carbocycles. The Balaban J connectivity index is 2.39. The molecule has 0 amide bonds. The third-order valence-corrected chi connectivity index (χ3v) is 4.04. The number of anilines is 1. The summed E-state index contributed by atoms with van der Waals surface area (Å²) in [6, 6.07) is 8.92. The third-order valence-electron chi connectivity index (χ3n) is 3.16. The van der Waals surface area contributed by atoms with Crippen LogP contribution in [-0.4, -0.2) is 40.4 Å². The van der Waals surface area contributed by atoms with Gasteiger partial charge in [0.2, 0.25) is 0 Å². The van der Waals surface area contributed by atoms with E-state index in [2.05, 4.69) is 26.1 Å². The van der Waals surface area contributed by atoms with Gasteiger partial charge in [0.25, 0.3) is 5.56 Å². The number of carbonyl (C=O) groups excluding carboxylic acids is 1. The summed E-state index contributed by atoms with van der Waals surface area (Å²) in [6.45, 7) is 1.95. The van der Waals surface area contributed by atoms with Gasteiger partial charge in [-0.2, -0.15) is 14.9 Å². The molecule has 0 unspecified atom stereocenters.